The summed E-state index contributed by atoms with van der Waals surface area (Å²) in [6.45, 7) is 0. The topological polar surface area (TPSA) is 66.5 Å². The predicted molar refractivity (Wildman–Crippen MR) is 107 cm³/mol. The van der Waals surface area contributed by atoms with Gasteiger partial charge in [0, 0.05) is 19.8 Å². The maximum atomic E-state index is 14.5. The SMILES string of the molecule is CN(C)S(=O)(=O)c1ccc(NC(=O)c2ccc(-c3ccccc3)cc2F)cc1. The Hall–Kier alpha value is -3.03. The van der Waals surface area contributed by atoms with Crippen molar-refractivity contribution in [2.45, 2.75) is 4.90 Å². The Morgan fingerprint density at radius 1 is 0.893 bits per heavy atom. The van der Waals surface area contributed by atoms with Gasteiger partial charge in [-0.2, -0.15) is 0 Å². The Balaban J connectivity index is 1.78. The van der Waals surface area contributed by atoms with Crippen molar-refractivity contribution in [2.24, 2.45) is 0 Å². The molecule has 0 aliphatic rings. The third-order valence-corrected chi connectivity index (χ3v) is 6.04. The second kappa shape index (κ2) is 7.92. The fourth-order valence-corrected chi connectivity index (χ4v) is 3.53. The summed E-state index contributed by atoms with van der Waals surface area (Å²) in [6, 6.07) is 19.4. The molecule has 0 heterocycles. The average molecular weight is 398 g/mol. The Bertz CT molecular complexity index is 1100. The minimum atomic E-state index is -3.55. The number of sulfonamides is 1. The number of halogens is 1. The normalized spacial score (nSPS) is 11.4. The van der Waals surface area contributed by atoms with Crippen molar-refractivity contribution in [3.63, 3.8) is 0 Å². The molecule has 3 aromatic carbocycles. The van der Waals surface area contributed by atoms with Crippen LogP contribution >= 0.6 is 0 Å². The highest BCUT2D eigenvalue weighted by Crippen LogP contribution is 2.23. The number of nitrogens with zero attached hydrogens (tertiary/aromatic N) is 1. The zero-order valence-corrected chi connectivity index (χ0v) is 16.2. The molecule has 0 bridgehead atoms. The highest BCUT2D eigenvalue weighted by Gasteiger charge is 2.17. The third kappa shape index (κ3) is 4.11. The summed E-state index contributed by atoms with van der Waals surface area (Å²) in [5.41, 5.74) is 1.80. The molecule has 0 saturated heterocycles. The molecule has 28 heavy (non-hydrogen) atoms. The van der Waals surface area contributed by atoms with Gasteiger partial charge in [-0.15, -0.1) is 0 Å². The van der Waals surface area contributed by atoms with Crippen molar-refractivity contribution in [2.75, 3.05) is 19.4 Å². The number of hydrogen-bond acceptors (Lipinski definition) is 3. The monoisotopic (exact) mass is 398 g/mol. The number of nitrogens with one attached hydrogen (secondary N) is 1. The van der Waals surface area contributed by atoms with Crippen molar-refractivity contribution in [1.82, 2.24) is 4.31 Å². The molecule has 3 rings (SSSR count). The standard InChI is InChI=1S/C21H19FN2O3S/c1-24(2)28(26,27)18-11-9-17(10-12-18)23-21(25)19-13-8-16(14-20(19)22)15-6-4-3-5-7-15/h3-14H,1-2H3,(H,23,25). The first-order valence-electron chi connectivity index (χ1n) is 8.48. The third-order valence-electron chi connectivity index (χ3n) is 4.21. The van der Waals surface area contributed by atoms with Gasteiger partial charge in [-0.25, -0.2) is 17.1 Å². The first-order chi connectivity index (χ1) is 13.3. The average Bonchev–Trinajstić information content (AvgIpc) is 2.68. The molecule has 0 aromatic heterocycles. The van der Waals surface area contributed by atoms with E-state index in [-0.39, 0.29) is 10.5 Å². The van der Waals surface area contributed by atoms with Gasteiger partial charge in [-0.1, -0.05) is 36.4 Å². The van der Waals surface area contributed by atoms with E-state index < -0.39 is 21.7 Å². The van der Waals surface area contributed by atoms with Crippen molar-refractivity contribution >= 4 is 21.6 Å². The van der Waals surface area contributed by atoms with Crippen molar-refractivity contribution in [1.29, 1.82) is 0 Å². The first-order valence-corrected chi connectivity index (χ1v) is 9.92. The van der Waals surface area contributed by atoms with Gasteiger partial charge in [-0.3, -0.25) is 4.79 Å². The van der Waals surface area contributed by atoms with Crippen LogP contribution in [-0.2, 0) is 10.0 Å². The summed E-state index contributed by atoms with van der Waals surface area (Å²) in [4.78, 5) is 12.5. The van der Waals surface area contributed by atoms with Crippen LogP contribution in [0.3, 0.4) is 0 Å². The zero-order chi connectivity index (χ0) is 20.3. The number of hydrogen-bond donors (Lipinski definition) is 1. The molecule has 0 spiro atoms. The minimum absolute atomic E-state index is 0.0929. The minimum Gasteiger partial charge on any atom is -0.322 e. The summed E-state index contributed by atoms with van der Waals surface area (Å²) in [5.74, 6) is -1.24. The quantitative estimate of drug-likeness (QED) is 0.707. The fraction of sp³-hybridized carbons (Fsp3) is 0.0952. The number of rotatable bonds is 5. The summed E-state index contributed by atoms with van der Waals surface area (Å²) in [5, 5.41) is 2.58. The lowest BCUT2D eigenvalue weighted by atomic mass is 10.0. The number of benzene rings is 3. The van der Waals surface area contributed by atoms with E-state index in [0.29, 0.717) is 11.3 Å². The van der Waals surface area contributed by atoms with E-state index in [2.05, 4.69) is 5.32 Å². The Morgan fingerprint density at radius 2 is 1.54 bits per heavy atom. The van der Waals surface area contributed by atoms with Crippen LogP contribution in [0.25, 0.3) is 11.1 Å². The predicted octanol–water partition coefficient (Wildman–Crippen LogP) is 4.00. The summed E-state index contributed by atoms with van der Waals surface area (Å²) >= 11 is 0. The molecule has 5 nitrogen and oxygen atoms in total. The first kappa shape index (κ1) is 19.7. The lowest BCUT2D eigenvalue weighted by Gasteiger charge is -2.12. The van der Waals surface area contributed by atoms with Gasteiger partial charge >= 0.3 is 0 Å². The lowest BCUT2D eigenvalue weighted by Crippen LogP contribution is -2.22. The molecular weight excluding hydrogens is 379 g/mol. The molecule has 7 heteroatoms. The van der Waals surface area contributed by atoms with E-state index in [0.717, 1.165) is 9.87 Å². The summed E-state index contributed by atoms with van der Waals surface area (Å²) in [7, 11) is -0.677. The molecular formula is C21H19FN2O3S. The van der Waals surface area contributed by atoms with Crippen LogP contribution in [0.5, 0.6) is 0 Å². The number of anilines is 1. The van der Waals surface area contributed by atoms with Gasteiger partial charge in [0.15, 0.2) is 0 Å². The van der Waals surface area contributed by atoms with E-state index in [4.69, 9.17) is 0 Å². The molecule has 3 aromatic rings. The van der Waals surface area contributed by atoms with E-state index in [9.17, 15) is 17.6 Å². The van der Waals surface area contributed by atoms with E-state index in [1.54, 1.807) is 6.07 Å². The fourth-order valence-electron chi connectivity index (χ4n) is 2.63. The van der Waals surface area contributed by atoms with Crippen LogP contribution in [0.4, 0.5) is 10.1 Å². The van der Waals surface area contributed by atoms with E-state index >= 15 is 0 Å². The molecule has 144 valence electrons. The van der Waals surface area contributed by atoms with Gasteiger partial charge in [0.2, 0.25) is 10.0 Å². The molecule has 0 atom stereocenters. The van der Waals surface area contributed by atoms with Crippen LogP contribution in [0.15, 0.2) is 77.7 Å². The van der Waals surface area contributed by atoms with E-state index in [1.165, 1.54) is 50.5 Å². The largest absolute Gasteiger partial charge is 0.322 e. The highest BCUT2D eigenvalue weighted by molar-refractivity contribution is 7.89. The van der Waals surface area contributed by atoms with Gasteiger partial charge < -0.3 is 5.32 Å². The Labute approximate surface area is 163 Å². The van der Waals surface area contributed by atoms with E-state index in [1.807, 2.05) is 30.3 Å². The molecule has 0 fully saturated rings. The zero-order valence-electron chi connectivity index (χ0n) is 15.4. The lowest BCUT2D eigenvalue weighted by molar-refractivity contribution is 0.102. The van der Waals surface area contributed by atoms with Gasteiger partial charge in [-0.05, 0) is 47.5 Å². The Kier molecular flexibility index (Phi) is 5.58. The second-order valence-corrected chi connectivity index (χ2v) is 8.48. The van der Waals surface area contributed by atoms with Crippen LogP contribution in [0.1, 0.15) is 10.4 Å². The molecule has 0 radical (unpaired) electrons. The number of carbonyl (C=O) groups excluding carboxylic acids is 1. The summed E-state index contributed by atoms with van der Waals surface area (Å²) in [6.07, 6.45) is 0. The maximum Gasteiger partial charge on any atom is 0.258 e. The van der Waals surface area contributed by atoms with Crippen LogP contribution in [0, 0.1) is 5.82 Å². The van der Waals surface area contributed by atoms with Crippen LogP contribution in [0.2, 0.25) is 0 Å². The number of carbonyl (C=O) groups is 1. The van der Waals surface area contributed by atoms with Crippen LogP contribution in [-0.4, -0.2) is 32.7 Å². The van der Waals surface area contributed by atoms with Crippen LogP contribution < -0.4 is 5.32 Å². The molecule has 0 aliphatic heterocycles. The second-order valence-electron chi connectivity index (χ2n) is 6.33. The smallest absolute Gasteiger partial charge is 0.258 e. The van der Waals surface area contributed by atoms with Gasteiger partial charge in [0.05, 0.1) is 10.5 Å². The van der Waals surface area contributed by atoms with Crippen molar-refractivity contribution < 1.29 is 17.6 Å². The van der Waals surface area contributed by atoms with Crippen molar-refractivity contribution in [3.8, 4) is 11.1 Å². The Morgan fingerprint density at radius 3 is 2.11 bits per heavy atom. The molecule has 0 saturated carbocycles. The summed E-state index contributed by atoms with van der Waals surface area (Å²) < 4.78 is 39.7. The highest BCUT2D eigenvalue weighted by atomic mass is 32.2. The molecule has 0 aliphatic carbocycles. The maximum absolute atomic E-state index is 14.5. The molecule has 1 N–H and O–H groups in total. The molecule has 0 unspecified atom stereocenters. The van der Waals surface area contributed by atoms with Gasteiger partial charge in [0.25, 0.3) is 5.91 Å². The molecule has 1 amide bonds. The number of amides is 1. The van der Waals surface area contributed by atoms with Crippen molar-refractivity contribution in [3.05, 3.63) is 84.2 Å². The van der Waals surface area contributed by atoms with Gasteiger partial charge in [0.1, 0.15) is 5.82 Å².